The molecule has 0 radical (unpaired) electrons. The number of benzene rings is 2. The van der Waals surface area contributed by atoms with Crippen LogP contribution in [-0.4, -0.2) is 32.9 Å². The Morgan fingerprint density at radius 3 is 2.21 bits per heavy atom. The summed E-state index contributed by atoms with van der Waals surface area (Å²) in [5, 5.41) is 13.6. The van der Waals surface area contributed by atoms with Crippen molar-refractivity contribution >= 4 is 34.3 Å². The molecule has 1 unspecified atom stereocenters. The van der Waals surface area contributed by atoms with Crippen molar-refractivity contribution in [3.8, 4) is 22.9 Å². The van der Waals surface area contributed by atoms with Crippen molar-refractivity contribution in [3.05, 3.63) is 94.4 Å². The fourth-order valence-corrected chi connectivity index (χ4v) is 3.73. The third-order valence-corrected chi connectivity index (χ3v) is 5.75. The van der Waals surface area contributed by atoms with Crippen LogP contribution in [0.3, 0.4) is 0 Å². The number of hydrogen-bond donors (Lipinski definition) is 1. The van der Waals surface area contributed by atoms with Crippen molar-refractivity contribution in [1.82, 2.24) is 9.97 Å². The summed E-state index contributed by atoms with van der Waals surface area (Å²) in [5.74, 6) is -0.402. The van der Waals surface area contributed by atoms with Crippen LogP contribution < -0.4 is 5.32 Å². The maximum absolute atomic E-state index is 12.9. The van der Waals surface area contributed by atoms with E-state index in [1.54, 1.807) is 37.3 Å². The molecule has 1 amide bonds. The van der Waals surface area contributed by atoms with Gasteiger partial charge in [-0.1, -0.05) is 6.07 Å². The zero-order valence-corrected chi connectivity index (χ0v) is 20.2. The number of nitro benzene ring substituents is 1. The number of nitro groups is 1. The van der Waals surface area contributed by atoms with Crippen LogP contribution in [0.4, 0.5) is 11.4 Å². The van der Waals surface area contributed by atoms with Gasteiger partial charge in [0, 0.05) is 12.1 Å². The maximum Gasteiger partial charge on any atom is 0.338 e. The number of carbonyl (C=O) groups excluding carboxylic acids is 2. The number of non-ortho nitro benzene ring substituents is 1. The molecule has 11 heteroatoms. The van der Waals surface area contributed by atoms with E-state index in [-0.39, 0.29) is 16.9 Å². The molecular weight excluding hydrogens is 492 g/mol. The first kappa shape index (κ1) is 24.4. The second kappa shape index (κ2) is 9.97. The van der Waals surface area contributed by atoms with Gasteiger partial charge in [0.2, 0.25) is 0 Å². The highest BCUT2D eigenvalue weighted by Gasteiger charge is 2.22. The average Bonchev–Trinajstić information content (AvgIpc) is 3.63. The Bertz CT molecular complexity index is 1660. The number of anilines is 1. The largest absolute Gasteiger partial charge is 0.463 e. The lowest BCUT2D eigenvalue weighted by Gasteiger charge is -2.15. The van der Waals surface area contributed by atoms with Gasteiger partial charge in [0.15, 0.2) is 17.6 Å². The van der Waals surface area contributed by atoms with E-state index in [4.69, 9.17) is 13.6 Å². The second-order valence-corrected chi connectivity index (χ2v) is 8.37. The Hall–Kier alpha value is -5.32. The van der Waals surface area contributed by atoms with E-state index in [1.807, 2.05) is 0 Å². The van der Waals surface area contributed by atoms with Crippen LogP contribution in [0, 0.1) is 17.0 Å². The highest BCUT2D eigenvalue weighted by molar-refractivity contribution is 5.99. The summed E-state index contributed by atoms with van der Waals surface area (Å²) in [6.45, 7) is 3.10. The highest BCUT2D eigenvalue weighted by atomic mass is 16.6. The van der Waals surface area contributed by atoms with Crippen molar-refractivity contribution in [3.63, 3.8) is 0 Å². The van der Waals surface area contributed by atoms with Crippen LogP contribution in [0.25, 0.3) is 33.9 Å². The van der Waals surface area contributed by atoms with Crippen molar-refractivity contribution < 1.29 is 28.1 Å². The molecule has 0 bridgehead atoms. The summed E-state index contributed by atoms with van der Waals surface area (Å²) in [7, 11) is 0. The first-order valence-corrected chi connectivity index (χ1v) is 11.5. The minimum absolute atomic E-state index is 0.161. The average molecular weight is 512 g/mol. The molecule has 3 heterocycles. The lowest BCUT2D eigenvalue weighted by molar-refractivity contribution is -0.384. The molecule has 0 aliphatic rings. The number of rotatable bonds is 7. The molecule has 0 saturated heterocycles. The number of fused-ring (bicyclic) bond motifs is 1. The van der Waals surface area contributed by atoms with Gasteiger partial charge in [0.1, 0.15) is 11.4 Å². The third-order valence-electron chi connectivity index (χ3n) is 5.75. The Labute approximate surface area is 215 Å². The van der Waals surface area contributed by atoms with Gasteiger partial charge in [-0.2, -0.15) is 0 Å². The molecule has 0 fully saturated rings. The van der Waals surface area contributed by atoms with Crippen LogP contribution in [0.2, 0.25) is 0 Å². The number of carbonyl (C=O) groups is 2. The van der Waals surface area contributed by atoms with Crippen molar-refractivity contribution in [2.24, 2.45) is 0 Å². The highest BCUT2D eigenvalue weighted by Crippen LogP contribution is 2.32. The van der Waals surface area contributed by atoms with Crippen molar-refractivity contribution in [1.29, 1.82) is 0 Å². The number of amides is 1. The van der Waals surface area contributed by atoms with E-state index in [0.29, 0.717) is 39.5 Å². The SMILES string of the molecule is Cc1ccc([N+](=O)[O-])cc1NC(=O)C(C)OC(=O)c1ccc2nc(-c3ccco3)c(-c3ccco3)nc2c1. The number of furan rings is 2. The summed E-state index contributed by atoms with van der Waals surface area (Å²) in [5.41, 5.74) is 2.70. The zero-order valence-electron chi connectivity index (χ0n) is 20.2. The normalized spacial score (nSPS) is 11.7. The molecule has 38 heavy (non-hydrogen) atoms. The molecule has 5 aromatic rings. The summed E-state index contributed by atoms with van der Waals surface area (Å²) in [6.07, 6.45) is 1.87. The molecule has 190 valence electrons. The maximum atomic E-state index is 12.9. The molecule has 2 aromatic carbocycles. The first-order chi connectivity index (χ1) is 18.3. The first-order valence-electron chi connectivity index (χ1n) is 11.5. The molecule has 1 atom stereocenters. The van der Waals surface area contributed by atoms with Gasteiger partial charge in [0.25, 0.3) is 11.6 Å². The van der Waals surface area contributed by atoms with E-state index in [9.17, 15) is 19.7 Å². The standard InChI is InChI=1S/C27H20N4O7/c1-15-7-9-18(31(34)35)14-20(15)30-26(32)16(2)38-27(33)17-8-10-19-21(13-17)29-25(23-6-4-12-37-23)24(28-19)22-5-3-11-36-22/h3-14,16H,1-2H3,(H,30,32). The predicted molar refractivity (Wildman–Crippen MR) is 136 cm³/mol. The Balaban J connectivity index is 1.38. The molecule has 5 rings (SSSR count). The summed E-state index contributed by atoms with van der Waals surface area (Å²) < 4.78 is 16.4. The van der Waals surface area contributed by atoms with Gasteiger partial charge in [-0.25, -0.2) is 14.8 Å². The number of nitrogens with zero attached hydrogens (tertiary/aromatic N) is 3. The van der Waals surface area contributed by atoms with Gasteiger partial charge in [-0.05, 0) is 61.9 Å². The Morgan fingerprint density at radius 1 is 0.947 bits per heavy atom. The molecule has 0 spiro atoms. The molecular formula is C27H20N4O7. The quantitative estimate of drug-likeness (QED) is 0.168. The van der Waals surface area contributed by atoms with Crippen LogP contribution >= 0.6 is 0 Å². The summed E-state index contributed by atoms with van der Waals surface area (Å²) in [4.78, 5) is 45.3. The van der Waals surface area contributed by atoms with E-state index in [0.717, 1.165) is 0 Å². The minimum atomic E-state index is -1.18. The molecule has 0 saturated carbocycles. The minimum Gasteiger partial charge on any atom is -0.463 e. The van der Waals surface area contributed by atoms with Crippen LogP contribution in [0.5, 0.6) is 0 Å². The van der Waals surface area contributed by atoms with Crippen molar-refractivity contribution in [2.45, 2.75) is 20.0 Å². The topological polar surface area (TPSA) is 151 Å². The number of aromatic nitrogens is 2. The molecule has 0 aliphatic heterocycles. The molecule has 11 nitrogen and oxygen atoms in total. The Kier molecular flexibility index (Phi) is 6.40. The number of aryl methyl sites for hydroxylation is 1. The lowest BCUT2D eigenvalue weighted by Crippen LogP contribution is -2.30. The zero-order chi connectivity index (χ0) is 26.8. The van der Waals surface area contributed by atoms with Gasteiger partial charge in [-0.15, -0.1) is 0 Å². The monoisotopic (exact) mass is 512 g/mol. The smallest absolute Gasteiger partial charge is 0.338 e. The molecule has 0 aliphatic carbocycles. The predicted octanol–water partition coefficient (Wildman–Crippen LogP) is 5.55. The van der Waals surface area contributed by atoms with Crippen LogP contribution in [0.1, 0.15) is 22.8 Å². The number of esters is 1. The van der Waals surface area contributed by atoms with Crippen LogP contribution in [-0.2, 0) is 9.53 Å². The fourth-order valence-electron chi connectivity index (χ4n) is 3.73. The van der Waals surface area contributed by atoms with Gasteiger partial charge < -0.3 is 18.9 Å². The number of hydrogen-bond acceptors (Lipinski definition) is 9. The van der Waals surface area contributed by atoms with E-state index >= 15 is 0 Å². The van der Waals surface area contributed by atoms with E-state index in [2.05, 4.69) is 15.3 Å². The Morgan fingerprint density at radius 2 is 1.61 bits per heavy atom. The number of nitrogens with one attached hydrogen (secondary N) is 1. The fraction of sp³-hybridized carbons (Fsp3) is 0.111. The summed E-state index contributed by atoms with van der Waals surface area (Å²) in [6, 6.07) is 15.7. The van der Waals surface area contributed by atoms with E-state index in [1.165, 1.54) is 49.8 Å². The van der Waals surface area contributed by atoms with Crippen molar-refractivity contribution in [2.75, 3.05) is 5.32 Å². The number of ether oxygens (including phenoxy) is 1. The third kappa shape index (κ3) is 4.85. The molecule has 1 N–H and O–H groups in total. The second-order valence-electron chi connectivity index (χ2n) is 8.37. The lowest BCUT2D eigenvalue weighted by atomic mass is 10.1. The van der Waals surface area contributed by atoms with Crippen LogP contribution in [0.15, 0.2) is 82.0 Å². The summed E-state index contributed by atoms with van der Waals surface area (Å²) >= 11 is 0. The van der Waals surface area contributed by atoms with Gasteiger partial charge in [-0.3, -0.25) is 14.9 Å². The van der Waals surface area contributed by atoms with Gasteiger partial charge >= 0.3 is 5.97 Å². The van der Waals surface area contributed by atoms with E-state index < -0.39 is 22.9 Å². The molecule has 3 aromatic heterocycles. The van der Waals surface area contributed by atoms with Gasteiger partial charge in [0.05, 0.1) is 39.7 Å².